The topological polar surface area (TPSA) is 165 Å². The summed E-state index contributed by atoms with van der Waals surface area (Å²) in [7, 11) is 0. The highest BCUT2D eigenvalue weighted by Crippen LogP contribution is 2.23. The van der Waals surface area contributed by atoms with E-state index in [1.165, 1.54) is 0 Å². The Labute approximate surface area is 413 Å². The SMILES string of the molecule is Brc1nccs1.CCc1nc2ccc(Cl)cn2c1C(=O)NCc1ccc(N2CCN(c3nccs3)C=N2)cc1.CCc1nc2ccc(Cl)cn2c1C(=O)NCc1ccc(N2CCN=CN2)cc1. The summed E-state index contributed by atoms with van der Waals surface area (Å²) in [4.78, 5) is 49.3. The highest BCUT2D eigenvalue weighted by Gasteiger charge is 2.21. The van der Waals surface area contributed by atoms with Crippen molar-refractivity contribution < 1.29 is 9.59 Å². The van der Waals surface area contributed by atoms with Gasteiger partial charge in [-0.2, -0.15) is 5.10 Å². The van der Waals surface area contributed by atoms with Gasteiger partial charge in [0.05, 0.1) is 52.4 Å². The number of hydrogen-bond acceptors (Lipinski definition) is 14. The lowest BCUT2D eigenvalue weighted by atomic mass is 10.2. The van der Waals surface area contributed by atoms with Crippen molar-refractivity contribution in [3.63, 3.8) is 0 Å². The van der Waals surface area contributed by atoms with Gasteiger partial charge in [-0.25, -0.2) is 19.9 Å². The largest absolute Gasteiger partial charge is 0.347 e. The van der Waals surface area contributed by atoms with Crippen LogP contribution in [0.4, 0.5) is 16.5 Å². The highest BCUT2D eigenvalue weighted by atomic mass is 79.9. The van der Waals surface area contributed by atoms with Crippen LogP contribution in [0, 0.1) is 0 Å². The molecule has 67 heavy (non-hydrogen) atoms. The van der Waals surface area contributed by atoms with E-state index < -0.39 is 0 Å². The molecule has 6 aromatic heterocycles. The van der Waals surface area contributed by atoms with Crippen molar-refractivity contribution in [1.29, 1.82) is 0 Å². The van der Waals surface area contributed by atoms with Crippen LogP contribution < -0.4 is 31.0 Å². The van der Waals surface area contributed by atoms with Crippen molar-refractivity contribution in [3.05, 3.63) is 156 Å². The van der Waals surface area contributed by atoms with Crippen molar-refractivity contribution >= 4 is 114 Å². The number of halogens is 3. The first kappa shape index (κ1) is 47.1. The van der Waals surface area contributed by atoms with Crippen molar-refractivity contribution in [1.82, 2.24) is 44.8 Å². The van der Waals surface area contributed by atoms with E-state index in [2.05, 4.69) is 62.0 Å². The second-order valence-electron chi connectivity index (χ2n) is 14.8. The number of nitrogens with zero attached hydrogens (tertiary/aromatic N) is 11. The minimum absolute atomic E-state index is 0.162. The Kier molecular flexibility index (Phi) is 15.8. The van der Waals surface area contributed by atoms with E-state index in [1.54, 1.807) is 74.7 Å². The maximum absolute atomic E-state index is 13.0. The molecule has 2 amide bonds. The highest BCUT2D eigenvalue weighted by molar-refractivity contribution is 9.11. The van der Waals surface area contributed by atoms with Crippen molar-refractivity contribution in [3.8, 4) is 0 Å². The molecule has 3 N–H and O–H groups in total. The number of amides is 2. The molecule has 8 heterocycles. The lowest BCUT2D eigenvalue weighted by Gasteiger charge is -2.28. The van der Waals surface area contributed by atoms with Gasteiger partial charge in [-0.1, -0.05) is 61.3 Å². The minimum Gasteiger partial charge on any atom is -0.347 e. The lowest BCUT2D eigenvalue weighted by molar-refractivity contribution is 0.0936. The first-order chi connectivity index (χ1) is 32.7. The average Bonchev–Trinajstić information content (AvgIpc) is 4.21. The molecule has 16 nitrogen and oxygen atoms in total. The number of imidazole rings is 2. The standard InChI is InChI=1S/C23H22ClN7OS.C20H21ClN6O.C3H2BrNS/c1-2-19-21(30-14-17(24)5-8-20(30)28-19)22(32)26-13-16-3-6-18(7-4-16)31-11-10-29(15-27-31)23-25-9-12-33-23;1-2-17-19(26-12-15(21)5-8-18(26)25-17)20(28)23-11-14-3-6-16(7-4-14)27-10-9-22-13-24-27;4-3-5-1-2-6-3/h3-9,12,14-15H,2,10-11,13H2,1H3,(H,26,32);3-8,12-13H,2,9-11H2,1H3,(H,22,24)(H,23,28);1-2H. The lowest BCUT2D eigenvalue weighted by Crippen LogP contribution is -2.42. The molecule has 344 valence electrons. The summed E-state index contributed by atoms with van der Waals surface area (Å²) in [6.45, 7) is 8.00. The number of anilines is 3. The smallest absolute Gasteiger partial charge is 0.270 e. The van der Waals surface area contributed by atoms with Gasteiger partial charge in [0.15, 0.2) is 9.05 Å². The van der Waals surface area contributed by atoms with Gasteiger partial charge in [0.2, 0.25) is 0 Å². The number of carbonyl (C=O) groups excluding carboxylic acids is 2. The van der Waals surface area contributed by atoms with E-state index in [0.717, 1.165) is 69.1 Å². The molecule has 0 saturated carbocycles. The Morgan fingerprint density at radius 1 is 0.716 bits per heavy atom. The number of aromatic nitrogens is 6. The third kappa shape index (κ3) is 11.8. The number of rotatable bonds is 11. The molecule has 10 rings (SSSR count). The van der Waals surface area contributed by atoms with E-state index in [4.69, 9.17) is 23.2 Å². The molecule has 0 atom stereocenters. The van der Waals surface area contributed by atoms with Gasteiger partial charge >= 0.3 is 0 Å². The third-order valence-corrected chi connectivity index (χ3v) is 13.1. The molecule has 0 spiro atoms. The molecule has 2 aromatic carbocycles. The zero-order chi connectivity index (χ0) is 46.7. The van der Waals surface area contributed by atoms with Crippen LogP contribution in [0.25, 0.3) is 11.3 Å². The molecule has 2 aliphatic rings. The van der Waals surface area contributed by atoms with Crippen LogP contribution >= 0.6 is 61.8 Å². The van der Waals surface area contributed by atoms with E-state index in [-0.39, 0.29) is 11.8 Å². The number of aryl methyl sites for hydroxylation is 2. The predicted octanol–water partition coefficient (Wildman–Crippen LogP) is 8.95. The van der Waals surface area contributed by atoms with Crippen molar-refractivity contribution in [2.24, 2.45) is 10.1 Å². The first-order valence-electron chi connectivity index (χ1n) is 21.3. The average molecular weight is 1040 g/mol. The van der Waals surface area contributed by atoms with Crippen LogP contribution in [0.1, 0.15) is 57.3 Å². The van der Waals surface area contributed by atoms with Gasteiger partial charge in [0, 0.05) is 55.2 Å². The quantitative estimate of drug-likeness (QED) is 0.114. The molecule has 21 heteroatoms. The van der Waals surface area contributed by atoms with Gasteiger partial charge in [-0.05, 0) is 88.4 Å². The summed E-state index contributed by atoms with van der Waals surface area (Å²) in [5.41, 5.74) is 11.2. The molecule has 0 radical (unpaired) electrons. The van der Waals surface area contributed by atoms with Gasteiger partial charge in [0.1, 0.15) is 35.4 Å². The third-order valence-electron chi connectivity index (χ3n) is 10.5. The molecular formula is C46H45BrCl2N14O2S2. The molecule has 0 aliphatic carbocycles. The number of pyridine rings is 2. The molecule has 0 saturated heterocycles. The Morgan fingerprint density at radius 2 is 1.28 bits per heavy atom. The molecule has 2 aliphatic heterocycles. The second-order valence-corrected chi connectivity index (χ2v) is 18.8. The Bertz CT molecular complexity index is 2980. The number of carbonyl (C=O) groups is 2. The summed E-state index contributed by atoms with van der Waals surface area (Å²) >= 11 is 18.6. The summed E-state index contributed by atoms with van der Waals surface area (Å²) < 4.78 is 4.45. The normalized spacial score (nSPS) is 13.2. The molecule has 0 bridgehead atoms. The Balaban J connectivity index is 0.000000163. The number of aliphatic imine (C=N–C) groups is 1. The van der Waals surface area contributed by atoms with Crippen LogP contribution in [0.2, 0.25) is 10.0 Å². The number of thiazole rings is 2. The maximum atomic E-state index is 13.0. The van der Waals surface area contributed by atoms with Crippen LogP contribution in [0.5, 0.6) is 0 Å². The Hall–Kier alpha value is -6.38. The van der Waals surface area contributed by atoms with E-state index in [1.807, 2.05) is 107 Å². The zero-order valence-electron chi connectivity index (χ0n) is 36.4. The molecule has 8 aromatic rings. The molecule has 0 fully saturated rings. The number of nitrogens with one attached hydrogen (secondary N) is 3. The monoisotopic (exact) mass is 1040 g/mol. The number of hydrazine groups is 1. The molecule has 0 unspecified atom stereocenters. The fourth-order valence-electron chi connectivity index (χ4n) is 7.17. The summed E-state index contributed by atoms with van der Waals surface area (Å²) in [5.74, 6) is -0.335. The minimum atomic E-state index is -0.173. The summed E-state index contributed by atoms with van der Waals surface area (Å²) in [6, 6.07) is 23.3. The van der Waals surface area contributed by atoms with E-state index >= 15 is 0 Å². The van der Waals surface area contributed by atoms with Gasteiger partial charge in [0.25, 0.3) is 11.8 Å². The fourth-order valence-corrected chi connectivity index (χ4v) is 8.93. The molecular weight excluding hydrogens is 996 g/mol. The second kappa shape index (κ2) is 22.4. The Morgan fingerprint density at radius 3 is 1.73 bits per heavy atom. The maximum Gasteiger partial charge on any atom is 0.270 e. The zero-order valence-corrected chi connectivity index (χ0v) is 41.1. The van der Waals surface area contributed by atoms with Crippen molar-refractivity contribution in [2.75, 3.05) is 41.1 Å². The van der Waals surface area contributed by atoms with Crippen LogP contribution in [0.15, 0.2) is 122 Å². The van der Waals surface area contributed by atoms with Gasteiger partial charge in [-0.3, -0.25) is 38.8 Å². The number of benzene rings is 2. The van der Waals surface area contributed by atoms with Gasteiger partial charge in [-0.15, -0.1) is 22.7 Å². The summed E-state index contributed by atoms with van der Waals surface area (Å²) in [5, 5.41) is 20.5. The van der Waals surface area contributed by atoms with E-state index in [0.29, 0.717) is 58.7 Å². The first-order valence-corrected chi connectivity index (χ1v) is 24.6. The van der Waals surface area contributed by atoms with Crippen LogP contribution in [-0.2, 0) is 25.9 Å². The number of hydrogen-bond donors (Lipinski definition) is 3. The number of fused-ring (bicyclic) bond motifs is 2. The fraction of sp³-hybridized carbons (Fsp3) is 0.217. The van der Waals surface area contributed by atoms with Crippen LogP contribution in [-0.4, -0.2) is 79.4 Å². The predicted molar refractivity (Wildman–Crippen MR) is 273 cm³/mol. The van der Waals surface area contributed by atoms with Gasteiger partial charge < -0.3 is 15.5 Å². The number of hydrazone groups is 1. The van der Waals surface area contributed by atoms with Crippen molar-refractivity contribution in [2.45, 2.75) is 39.8 Å². The van der Waals surface area contributed by atoms with E-state index in [9.17, 15) is 9.59 Å². The summed E-state index contributed by atoms with van der Waals surface area (Å²) in [6.07, 6.45) is 11.8. The van der Waals surface area contributed by atoms with Crippen LogP contribution in [0.3, 0.4) is 0 Å².